The molecule has 0 spiro atoms. The molecule has 0 atom stereocenters. The topological polar surface area (TPSA) is 38.3 Å². The second-order valence-corrected chi connectivity index (χ2v) is 3.71. The van der Waals surface area contributed by atoms with Gasteiger partial charge in [0.25, 0.3) is 0 Å². The summed E-state index contributed by atoms with van der Waals surface area (Å²) >= 11 is 0. The minimum Gasteiger partial charge on any atom is -0.456 e. The summed E-state index contributed by atoms with van der Waals surface area (Å²) in [7, 11) is 0. The highest BCUT2D eigenvalue weighted by molar-refractivity contribution is 5.88. The summed E-state index contributed by atoms with van der Waals surface area (Å²) in [5.41, 5.74) is -0.0442. The first-order valence-corrected chi connectivity index (χ1v) is 4.69. The molecule has 13 heavy (non-hydrogen) atoms. The van der Waals surface area contributed by atoms with Crippen molar-refractivity contribution in [2.75, 3.05) is 13.2 Å². The van der Waals surface area contributed by atoms with Gasteiger partial charge in [0.2, 0.25) is 0 Å². The first kappa shape index (κ1) is 8.58. The molecule has 1 saturated carbocycles. The van der Waals surface area contributed by atoms with Crippen molar-refractivity contribution < 1.29 is 9.53 Å². The van der Waals surface area contributed by atoms with Crippen molar-refractivity contribution in [1.29, 1.82) is 0 Å². The molecule has 2 saturated heterocycles. The Labute approximate surface area is 77.8 Å². The minimum absolute atomic E-state index is 0.0442. The van der Waals surface area contributed by atoms with Crippen LogP contribution in [0.5, 0.6) is 0 Å². The number of fused-ring (bicyclic) bond motifs is 1. The Morgan fingerprint density at radius 3 is 3.00 bits per heavy atom. The Morgan fingerprint density at radius 1 is 1.69 bits per heavy atom. The molecule has 3 nitrogen and oxygen atoms in total. The Balaban J connectivity index is 1.92. The molecule has 2 bridgehead atoms. The number of hydrogen-bond donors (Lipinski definition) is 1. The average molecular weight is 179 g/mol. The van der Waals surface area contributed by atoms with Crippen molar-refractivity contribution in [3.63, 3.8) is 0 Å². The van der Waals surface area contributed by atoms with E-state index in [9.17, 15) is 4.79 Å². The molecule has 1 aliphatic carbocycles. The fourth-order valence-electron chi connectivity index (χ4n) is 2.04. The summed E-state index contributed by atoms with van der Waals surface area (Å²) < 4.78 is 4.72. The second kappa shape index (κ2) is 3.04. The minimum atomic E-state index is -0.408. The highest BCUT2D eigenvalue weighted by atomic mass is 16.5. The van der Waals surface area contributed by atoms with E-state index in [1.807, 2.05) is 0 Å². The highest BCUT2D eigenvalue weighted by Crippen LogP contribution is 2.42. The molecular formula is C10H13NO2. The molecule has 3 aliphatic rings. The van der Waals surface area contributed by atoms with E-state index in [0.29, 0.717) is 6.61 Å². The predicted octanol–water partition coefficient (Wildman–Crippen LogP) is 0.305. The van der Waals surface area contributed by atoms with Crippen molar-refractivity contribution in [3.05, 3.63) is 0 Å². The molecule has 0 aromatic heterocycles. The van der Waals surface area contributed by atoms with Crippen molar-refractivity contribution in [2.45, 2.75) is 25.3 Å². The number of rotatable bonds is 1. The zero-order valence-electron chi connectivity index (χ0n) is 7.72. The summed E-state index contributed by atoms with van der Waals surface area (Å²) in [4.78, 5) is 10.9. The van der Waals surface area contributed by atoms with Crippen LogP contribution in [0.25, 0.3) is 0 Å². The molecule has 3 rings (SSSR count). The molecule has 0 unspecified atom stereocenters. The van der Waals surface area contributed by atoms with Gasteiger partial charge in [-0.1, -0.05) is 5.92 Å². The van der Waals surface area contributed by atoms with Crippen LogP contribution < -0.4 is 5.32 Å². The molecular weight excluding hydrogens is 166 g/mol. The van der Waals surface area contributed by atoms with Crippen LogP contribution in [0.15, 0.2) is 0 Å². The fourth-order valence-corrected chi connectivity index (χ4v) is 2.04. The largest absolute Gasteiger partial charge is 0.456 e. The fraction of sp³-hybridized carbons (Fsp3) is 0.700. The third-order valence-electron chi connectivity index (χ3n) is 2.68. The van der Waals surface area contributed by atoms with Gasteiger partial charge in [-0.3, -0.25) is 0 Å². The van der Waals surface area contributed by atoms with Crippen LogP contribution >= 0.6 is 0 Å². The van der Waals surface area contributed by atoms with Crippen molar-refractivity contribution >= 4 is 5.97 Å². The molecule has 0 amide bonds. The van der Waals surface area contributed by atoms with Crippen LogP contribution in [0, 0.1) is 17.8 Å². The van der Waals surface area contributed by atoms with Gasteiger partial charge < -0.3 is 10.1 Å². The number of esters is 1. The van der Waals surface area contributed by atoms with Gasteiger partial charge in [0.1, 0.15) is 0 Å². The Hall–Kier alpha value is -1.01. The molecule has 0 aromatic carbocycles. The Morgan fingerprint density at radius 2 is 2.46 bits per heavy atom. The van der Waals surface area contributed by atoms with Crippen molar-refractivity contribution in [2.24, 2.45) is 5.92 Å². The van der Waals surface area contributed by atoms with Gasteiger partial charge in [-0.25, -0.2) is 4.79 Å². The lowest BCUT2D eigenvalue weighted by Gasteiger charge is -2.31. The van der Waals surface area contributed by atoms with Crippen LogP contribution in [0.1, 0.15) is 19.8 Å². The second-order valence-electron chi connectivity index (χ2n) is 3.71. The van der Waals surface area contributed by atoms with Crippen LogP contribution in [-0.4, -0.2) is 24.7 Å². The van der Waals surface area contributed by atoms with E-state index in [-0.39, 0.29) is 5.54 Å². The number of ether oxygens (including phenoxy) is 1. The lowest BCUT2D eigenvalue weighted by molar-refractivity contribution is -0.136. The zero-order valence-corrected chi connectivity index (χ0v) is 7.72. The number of hydrogen-bond acceptors (Lipinski definition) is 3. The number of nitrogens with one attached hydrogen (secondary N) is 1. The third-order valence-corrected chi connectivity index (χ3v) is 2.68. The number of carbonyl (C=O) groups is 1. The van der Waals surface area contributed by atoms with E-state index in [4.69, 9.17) is 4.74 Å². The van der Waals surface area contributed by atoms with E-state index in [2.05, 4.69) is 17.2 Å². The molecule has 2 aliphatic heterocycles. The summed E-state index contributed by atoms with van der Waals surface area (Å²) in [6.45, 7) is 3.24. The maximum absolute atomic E-state index is 10.9. The Bertz CT molecular complexity index is 276. The molecule has 2 heterocycles. The third kappa shape index (κ3) is 1.54. The zero-order chi connectivity index (χ0) is 9.31. The van der Waals surface area contributed by atoms with E-state index >= 15 is 0 Å². The van der Waals surface area contributed by atoms with Gasteiger partial charge in [-0.05, 0) is 32.2 Å². The first-order chi connectivity index (χ1) is 6.24. The average Bonchev–Trinajstić information content (AvgIpc) is 2.59. The van der Waals surface area contributed by atoms with Crippen molar-refractivity contribution in [1.82, 2.24) is 5.32 Å². The van der Waals surface area contributed by atoms with Crippen LogP contribution in [0.2, 0.25) is 0 Å². The summed E-state index contributed by atoms with van der Waals surface area (Å²) in [5.74, 6) is 5.88. The maximum Gasteiger partial charge on any atom is 0.384 e. The smallest absolute Gasteiger partial charge is 0.384 e. The van der Waals surface area contributed by atoms with Gasteiger partial charge >= 0.3 is 5.97 Å². The predicted molar refractivity (Wildman–Crippen MR) is 47.9 cm³/mol. The molecule has 0 radical (unpaired) electrons. The van der Waals surface area contributed by atoms with Gasteiger partial charge in [-0.2, -0.15) is 0 Å². The maximum atomic E-state index is 10.9. The standard InChI is InChI=1S/C10H13NO2/c1-2-13-9(12)3-4-10-5-8(6-10)7-11-10/h8,11H,2,5-7H2,1H3. The quantitative estimate of drug-likeness (QED) is 0.357. The summed E-state index contributed by atoms with van der Waals surface area (Å²) in [6, 6.07) is 0. The SMILES string of the molecule is CCOC(=O)C#CC12CC(CN1)C2. The van der Waals surface area contributed by atoms with Gasteiger partial charge in [0, 0.05) is 5.92 Å². The van der Waals surface area contributed by atoms with E-state index in [1.54, 1.807) is 6.92 Å². The normalized spacial score (nSPS) is 34.4. The first-order valence-electron chi connectivity index (χ1n) is 4.69. The monoisotopic (exact) mass is 179 g/mol. The number of carbonyl (C=O) groups excluding carboxylic acids is 1. The van der Waals surface area contributed by atoms with Crippen LogP contribution in [-0.2, 0) is 9.53 Å². The molecule has 0 aromatic rings. The Kier molecular flexibility index (Phi) is 2.01. The molecule has 3 heteroatoms. The summed E-state index contributed by atoms with van der Waals surface area (Å²) in [5, 5.41) is 3.32. The van der Waals surface area contributed by atoms with E-state index < -0.39 is 5.97 Å². The van der Waals surface area contributed by atoms with Gasteiger partial charge in [0.05, 0.1) is 12.1 Å². The molecule has 70 valence electrons. The molecule has 3 fully saturated rings. The highest BCUT2D eigenvalue weighted by Gasteiger charge is 2.49. The molecule has 1 N–H and O–H groups in total. The van der Waals surface area contributed by atoms with Crippen molar-refractivity contribution in [3.8, 4) is 11.8 Å². The van der Waals surface area contributed by atoms with E-state index in [1.165, 1.54) is 0 Å². The van der Waals surface area contributed by atoms with Crippen LogP contribution in [0.3, 0.4) is 0 Å². The van der Waals surface area contributed by atoms with Gasteiger partial charge in [0.15, 0.2) is 0 Å². The lowest BCUT2D eigenvalue weighted by atomic mass is 9.74. The van der Waals surface area contributed by atoms with E-state index in [0.717, 1.165) is 25.3 Å². The summed E-state index contributed by atoms with van der Waals surface area (Å²) in [6.07, 6.45) is 2.19. The lowest BCUT2D eigenvalue weighted by Crippen LogP contribution is -2.41. The van der Waals surface area contributed by atoms with Gasteiger partial charge in [-0.15, -0.1) is 0 Å². The van der Waals surface area contributed by atoms with Crippen LogP contribution in [0.4, 0.5) is 0 Å².